The summed E-state index contributed by atoms with van der Waals surface area (Å²) in [6.07, 6.45) is 4.47. The minimum absolute atomic E-state index is 0.00546. The smallest absolute Gasteiger partial charge is 0.306 e. The van der Waals surface area contributed by atoms with Gasteiger partial charge in [-0.05, 0) is 37.4 Å². The Hall–Kier alpha value is -0.433. The highest BCUT2D eigenvalue weighted by atomic mass is 28.4. The standard InChI is InChI=1S/C19H34O5Si/c1-19(2,3)25(4,5)22-12-14-13-10-17(20)23-15(13)11-16(14)24-18-8-6-7-9-21-18/h13-16,18H,6-12H2,1-5H3/t13?,14-,15?,16-,18?/m1/s1. The van der Waals surface area contributed by atoms with Gasteiger partial charge in [0.25, 0.3) is 0 Å². The van der Waals surface area contributed by atoms with Crippen LogP contribution in [-0.4, -0.2) is 46.0 Å². The molecule has 0 amide bonds. The molecule has 144 valence electrons. The highest BCUT2D eigenvalue weighted by molar-refractivity contribution is 6.74. The van der Waals surface area contributed by atoms with Crippen molar-refractivity contribution in [3.63, 3.8) is 0 Å². The van der Waals surface area contributed by atoms with E-state index in [0.717, 1.165) is 32.3 Å². The molecular formula is C19H34O5Si. The zero-order valence-electron chi connectivity index (χ0n) is 16.4. The topological polar surface area (TPSA) is 54.0 Å². The van der Waals surface area contributed by atoms with Crippen LogP contribution in [0.3, 0.4) is 0 Å². The Labute approximate surface area is 152 Å². The summed E-state index contributed by atoms with van der Waals surface area (Å²) >= 11 is 0. The Bertz CT molecular complexity index is 481. The second-order valence-electron chi connectivity index (χ2n) is 9.34. The first-order valence-electron chi connectivity index (χ1n) is 9.78. The summed E-state index contributed by atoms with van der Waals surface area (Å²) in [5, 5.41) is 0.176. The van der Waals surface area contributed by atoms with E-state index >= 15 is 0 Å². The number of carbonyl (C=O) groups is 1. The van der Waals surface area contributed by atoms with Crippen LogP contribution in [0.15, 0.2) is 0 Å². The van der Waals surface area contributed by atoms with Crippen LogP contribution < -0.4 is 0 Å². The van der Waals surface area contributed by atoms with Crippen LogP contribution >= 0.6 is 0 Å². The Kier molecular flexibility index (Phi) is 5.64. The molecule has 3 rings (SSSR count). The van der Waals surface area contributed by atoms with E-state index in [1.165, 1.54) is 0 Å². The molecule has 2 saturated heterocycles. The number of hydrogen-bond donors (Lipinski definition) is 0. The van der Waals surface area contributed by atoms with Crippen molar-refractivity contribution >= 4 is 14.3 Å². The number of fused-ring (bicyclic) bond motifs is 1. The summed E-state index contributed by atoms with van der Waals surface area (Å²) in [5.74, 6) is 0.377. The van der Waals surface area contributed by atoms with Gasteiger partial charge in [0.2, 0.25) is 0 Å². The number of ether oxygens (including phenoxy) is 3. The van der Waals surface area contributed by atoms with Crippen LogP contribution in [0, 0.1) is 11.8 Å². The minimum Gasteiger partial charge on any atom is -0.462 e. The molecule has 5 nitrogen and oxygen atoms in total. The van der Waals surface area contributed by atoms with Gasteiger partial charge in [-0.3, -0.25) is 4.79 Å². The SMILES string of the molecule is CC(C)(C)[Si](C)(C)OC[C@@H]1C2CC(=O)OC2C[C@H]1OC1CCCCO1. The maximum Gasteiger partial charge on any atom is 0.306 e. The molecule has 0 spiro atoms. The van der Waals surface area contributed by atoms with Gasteiger partial charge in [0.1, 0.15) is 6.10 Å². The average Bonchev–Trinajstić information content (AvgIpc) is 3.01. The van der Waals surface area contributed by atoms with Gasteiger partial charge in [0.05, 0.1) is 12.5 Å². The molecule has 0 radical (unpaired) electrons. The first kappa shape index (κ1) is 19.3. The molecule has 0 bridgehead atoms. The Morgan fingerprint density at radius 1 is 1.24 bits per heavy atom. The van der Waals surface area contributed by atoms with Crippen molar-refractivity contribution in [3.05, 3.63) is 0 Å². The van der Waals surface area contributed by atoms with Crippen molar-refractivity contribution in [2.45, 2.75) is 89.5 Å². The molecule has 5 atom stereocenters. The van der Waals surface area contributed by atoms with Crippen molar-refractivity contribution in [3.8, 4) is 0 Å². The quantitative estimate of drug-likeness (QED) is 0.543. The number of hydrogen-bond acceptors (Lipinski definition) is 5. The van der Waals surface area contributed by atoms with Gasteiger partial charge in [-0.25, -0.2) is 0 Å². The molecule has 25 heavy (non-hydrogen) atoms. The van der Waals surface area contributed by atoms with Gasteiger partial charge in [-0.15, -0.1) is 0 Å². The predicted molar refractivity (Wildman–Crippen MR) is 97.7 cm³/mol. The van der Waals surface area contributed by atoms with Gasteiger partial charge >= 0.3 is 5.97 Å². The fraction of sp³-hybridized carbons (Fsp3) is 0.947. The second-order valence-corrected chi connectivity index (χ2v) is 14.1. The zero-order valence-corrected chi connectivity index (χ0v) is 17.4. The maximum absolute atomic E-state index is 11.7. The van der Waals surface area contributed by atoms with E-state index in [1.807, 2.05) is 0 Å². The molecule has 3 unspecified atom stereocenters. The highest BCUT2D eigenvalue weighted by Gasteiger charge is 2.52. The summed E-state index contributed by atoms with van der Waals surface area (Å²) in [6.45, 7) is 12.7. The van der Waals surface area contributed by atoms with E-state index in [2.05, 4.69) is 33.9 Å². The monoisotopic (exact) mass is 370 g/mol. The number of carbonyl (C=O) groups excluding carboxylic acids is 1. The Morgan fingerprint density at radius 3 is 2.64 bits per heavy atom. The first-order valence-corrected chi connectivity index (χ1v) is 12.7. The molecule has 0 aromatic heterocycles. The van der Waals surface area contributed by atoms with E-state index in [1.54, 1.807) is 0 Å². The normalized spacial score (nSPS) is 36.4. The van der Waals surface area contributed by atoms with Crippen LogP contribution in [0.5, 0.6) is 0 Å². The summed E-state index contributed by atoms with van der Waals surface area (Å²) in [5.41, 5.74) is 0. The second kappa shape index (κ2) is 7.29. The van der Waals surface area contributed by atoms with Crippen molar-refractivity contribution in [2.24, 2.45) is 11.8 Å². The Morgan fingerprint density at radius 2 is 2.00 bits per heavy atom. The molecule has 6 heteroatoms. The van der Waals surface area contributed by atoms with E-state index in [9.17, 15) is 4.79 Å². The predicted octanol–water partition coefficient (Wildman–Crippen LogP) is 3.87. The lowest BCUT2D eigenvalue weighted by molar-refractivity contribution is -0.198. The summed E-state index contributed by atoms with van der Waals surface area (Å²) < 4.78 is 24.1. The molecule has 0 aromatic carbocycles. The molecule has 2 aliphatic heterocycles. The largest absolute Gasteiger partial charge is 0.462 e. The van der Waals surface area contributed by atoms with Gasteiger partial charge in [-0.1, -0.05) is 20.8 Å². The highest BCUT2D eigenvalue weighted by Crippen LogP contribution is 2.45. The van der Waals surface area contributed by atoms with Crippen LogP contribution in [0.1, 0.15) is 52.9 Å². The molecule has 3 fully saturated rings. The van der Waals surface area contributed by atoms with Gasteiger partial charge in [0.15, 0.2) is 14.6 Å². The van der Waals surface area contributed by atoms with Gasteiger partial charge < -0.3 is 18.6 Å². The zero-order chi connectivity index (χ0) is 18.2. The van der Waals surface area contributed by atoms with Gasteiger partial charge in [-0.2, -0.15) is 0 Å². The molecule has 1 saturated carbocycles. The fourth-order valence-corrected chi connectivity index (χ4v) is 4.92. The van der Waals surface area contributed by atoms with E-state index < -0.39 is 8.32 Å². The molecule has 0 N–H and O–H groups in total. The minimum atomic E-state index is -1.83. The van der Waals surface area contributed by atoms with Crippen molar-refractivity contribution in [1.82, 2.24) is 0 Å². The molecule has 1 aliphatic carbocycles. The van der Waals surface area contributed by atoms with Crippen LogP contribution in [0.2, 0.25) is 18.1 Å². The van der Waals surface area contributed by atoms with E-state index in [-0.39, 0.29) is 41.3 Å². The lowest BCUT2D eigenvalue weighted by Crippen LogP contribution is -2.44. The maximum atomic E-state index is 11.7. The molecule has 2 heterocycles. The number of esters is 1. The lowest BCUT2D eigenvalue weighted by Gasteiger charge is -2.38. The number of rotatable bonds is 5. The molecule has 3 aliphatic rings. The van der Waals surface area contributed by atoms with Crippen LogP contribution in [0.25, 0.3) is 0 Å². The lowest BCUT2D eigenvalue weighted by atomic mass is 9.93. The van der Waals surface area contributed by atoms with E-state index in [0.29, 0.717) is 13.0 Å². The third kappa shape index (κ3) is 4.29. The first-order chi connectivity index (χ1) is 11.7. The molecular weight excluding hydrogens is 336 g/mol. The molecule has 0 aromatic rings. The van der Waals surface area contributed by atoms with Crippen molar-refractivity contribution < 1.29 is 23.4 Å². The average molecular weight is 371 g/mol. The van der Waals surface area contributed by atoms with Crippen LogP contribution in [-0.2, 0) is 23.4 Å². The van der Waals surface area contributed by atoms with E-state index in [4.69, 9.17) is 18.6 Å². The summed E-state index contributed by atoms with van der Waals surface area (Å²) in [7, 11) is -1.83. The fourth-order valence-electron chi connectivity index (χ4n) is 3.88. The van der Waals surface area contributed by atoms with Crippen molar-refractivity contribution in [1.29, 1.82) is 0 Å². The third-order valence-electron chi connectivity index (χ3n) is 6.56. The third-order valence-corrected chi connectivity index (χ3v) is 11.1. The summed E-state index contributed by atoms with van der Waals surface area (Å²) in [4.78, 5) is 11.7. The van der Waals surface area contributed by atoms with Gasteiger partial charge in [0, 0.05) is 31.5 Å². The summed E-state index contributed by atoms with van der Waals surface area (Å²) in [6, 6.07) is 0. The van der Waals surface area contributed by atoms with Crippen molar-refractivity contribution in [2.75, 3.05) is 13.2 Å². The van der Waals surface area contributed by atoms with Crippen LogP contribution in [0.4, 0.5) is 0 Å². The Balaban J connectivity index is 1.66.